The van der Waals surface area contributed by atoms with E-state index in [9.17, 15) is 4.79 Å². The number of rotatable bonds is 3. The van der Waals surface area contributed by atoms with Crippen LogP contribution in [0.25, 0.3) is 0 Å². The Hall–Kier alpha value is -1.51. The lowest BCUT2D eigenvalue weighted by Crippen LogP contribution is -2.47. The van der Waals surface area contributed by atoms with Crippen LogP contribution in [0.2, 0.25) is 0 Å². The Balaban J connectivity index is 2.03. The maximum Gasteiger partial charge on any atom is 0.227 e. The standard InChI is InChI=1S/C16H24N2O/c1-12(2)15-5-3-4-10-18(15)16(19)11-13-6-8-14(17)9-7-13/h6-9,12,15H,3-5,10-11,17H2,1-2H3. The monoisotopic (exact) mass is 260 g/mol. The molecule has 104 valence electrons. The first-order valence-corrected chi connectivity index (χ1v) is 7.22. The number of likely N-dealkylation sites (tertiary alicyclic amines) is 1. The van der Waals surface area contributed by atoms with Gasteiger partial charge in [-0.05, 0) is 42.9 Å². The molecule has 0 aliphatic carbocycles. The largest absolute Gasteiger partial charge is 0.399 e. The zero-order valence-electron chi connectivity index (χ0n) is 11.9. The van der Waals surface area contributed by atoms with E-state index in [1.54, 1.807) is 0 Å². The molecule has 1 aromatic carbocycles. The molecule has 1 aliphatic rings. The van der Waals surface area contributed by atoms with E-state index in [1.165, 1.54) is 6.42 Å². The van der Waals surface area contributed by atoms with Gasteiger partial charge in [0.1, 0.15) is 0 Å². The van der Waals surface area contributed by atoms with Crippen molar-refractivity contribution in [3.63, 3.8) is 0 Å². The number of carbonyl (C=O) groups excluding carboxylic acids is 1. The third-order valence-electron chi connectivity index (χ3n) is 3.97. The average molecular weight is 260 g/mol. The molecule has 1 unspecified atom stereocenters. The van der Waals surface area contributed by atoms with Crippen molar-refractivity contribution in [3.05, 3.63) is 29.8 Å². The minimum absolute atomic E-state index is 0.253. The fraction of sp³-hybridized carbons (Fsp3) is 0.562. The number of hydrogen-bond acceptors (Lipinski definition) is 2. The van der Waals surface area contributed by atoms with Crippen molar-refractivity contribution in [2.75, 3.05) is 12.3 Å². The van der Waals surface area contributed by atoms with Crippen molar-refractivity contribution in [2.45, 2.75) is 45.6 Å². The van der Waals surface area contributed by atoms with E-state index in [1.807, 2.05) is 24.3 Å². The van der Waals surface area contributed by atoms with Crippen LogP contribution in [-0.2, 0) is 11.2 Å². The molecule has 1 fully saturated rings. The molecule has 2 rings (SSSR count). The second kappa shape index (κ2) is 6.09. The summed E-state index contributed by atoms with van der Waals surface area (Å²) in [7, 11) is 0. The van der Waals surface area contributed by atoms with Crippen LogP contribution in [-0.4, -0.2) is 23.4 Å². The lowest BCUT2D eigenvalue weighted by atomic mass is 9.92. The van der Waals surface area contributed by atoms with Crippen LogP contribution in [0.3, 0.4) is 0 Å². The number of nitrogens with two attached hydrogens (primary N) is 1. The molecular weight excluding hydrogens is 236 g/mol. The summed E-state index contributed by atoms with van der Waals surface area (Å²) < 4.78 is 0. The molecule has 1 atom stereocenters. The SMILES string of the molecule is CC(C)C1CCCCN1C(=O)Cc1ccc(N)cc1. The van der Waals surface area contributed by atoms with Gasteiger partial charge < -0.3 is 10.6 Å². The third-order valence-corrected chi connectivity index (χ3v) is 3.97. The van der Waals surface area contributed by atoms with Gasteiger partial charge in [-0.25, -0.2) is 0 Å². The van der Waals surface area contributed by atoms with E-state index in [0.717, 1.165) is 30.6 Å². The summed E-state index contributed by atoms with van der Waals surface area (Å²) in [5.41, 5.74) is 7.46. The maximum atomic E-state index is 12.5. The minimum Gasteiger partial charge on any atom is -0.399 e. The highest BCUT2D eigenvalue weighted by atomic mass is 16.2. The number of piperidine rings is 1. The van der Waals surface area contributed by atoms with E-state index in [0.29, 0.717) is 18.4 Å². The van der Waals surface area contributed by atoms with E-state index in [4.69, 9.17) is 5.73 Å². The van der Waals surface area contributed by atoms with E-state index in [-0.39, 0.29) is 5.91 Å². The Labute approximate surface area is 115 Å². The van der Waals surface area contributed by atoms with Gasteiger partial charge in [0.15, 0.2) is 0 Å². The fourth-order valence-electron chi connectivity index (χ4n) is 2.87. The molecule has 1 aromatic rings. The second-order valence-corrected chi connectivity index (χ2v) is 5.81. The number of amides is 1. The second-order valence-electron chi connectivity index (χ2n) is 5.81. The van der Waals surface area contributed by atoms with Gasteiger partial charge in [-0.15, -0.1) is 0 Å². The molecule has 19 heavy (non-hydrogen) atoms. The van der Waals surface area contributed by atoms with Crippen LogP contribution >= 0.6 is 0 Å². The molecule has 0 saturated carbocycles. The predicted octanol–water partition coefficient (Wildman–Crippen LogP) is 2.85. The van der Waals surface area contributed by atoms with Gasteiger partial charge in [0, 0.05) is 18.3 Å². The highest BCUT2D eigenvalue weighted by Crippen LogP contribution is 2.24. The van der Waals surface area contributed by atoms with Gasteiger partial charge in [-0.1, -0.05) is 26.0 Å². The van der Waals surface area contributed by atoms with Gasteiger partial charge in [0.25, 0.3) is 0 Å². The Morgan fingerprint density at radius 1 is 1.32 bits per heavy atom. The Morgan fingerprint density at radius 3 is 2.63 bits per heavy atom. The van der Waals surface area contributed by atoms with Crippen LogP contribution in [0, 0.1) is 5.92 Å². The molecule has 0 bridgehead atoms. The number of carbonyl (C=O) groups is 1. The molecule has 0 spiro atoms. The summed E-state index contributed by atoms with van der Waals surface area (Å²) in [4.78, 5) is 14.5. The van der Waals surface area contributed by atoms with E-state index in [2.05, 4.69) is 18.7 Å². The van der Waals surface area contributed by atoms with Crippen LogP contribution < -0.4 is 5.73 Å². The van der Waals surface area contributed by atoms with Gasteiger partial charge >= 0.3 is 0 Å². The first kappa shape index (κ1) is 13.9. The molecule has 1 aliphatic heterocycles. The fourth-order valence-corrected chi connectivity index (χ4v) is 2.87. The lowest BCUT2D eigenvalue weighted by Gasteiger charge is -2.38. The summed E-state index contributed by atoms with van der Waals surface area (Å²) >= 11 is 0. The van der Waals surface area contributed by atoms with Crippen LogP contribution in [0.4, 0.5) is 5.69 Å². The Kier molecular flexibility index (Phi) is 4.46. The summed E-state index contributed by atoms with van der Waals surface area (Å²) in [5, 5.41) is 0. The molecule has 1 heterocycles. The number of hydrogen-bond donors (Lipinski definition) is 1. The van der Waals surface area contributed by atoms with Gasteiger partial charge in [0.05, 0.1) is 6.42 Å². The quantitative estimate of drug-likeness (QED) is 0.849. The molecule has 3 nitrogen and oxygen atoms in total. The van der Waals surface area contributed by atoms with Crippen molar-refractivity contribution >= 4 is 11.6 Å². The summed E-state index contributed by atoms with van der Waals surface area (Å²) in [6.45, 7) is 5.33. The van der Waals surface area contributed by atoms with Crippen molar-refractivity contribution in [1.29, 1.82) is 0 Å². The van der Waals surface area contributed by atoms with Crippen molar-refractivity contribution in [3.8, 4) is 0 Å². The van der Waals surface area contributed by atoms with Crippen molar-refractivity contribution < 1.29 is 4.79 Å². The average Bonchev–Trinajstić information content (AvgIpc) is 2.41. The highest BCUT2D eigenvalue weighted by molar-refractivity contribution is 5.79. The summed E-state index contributed by atoms with van der Waals surface area (Å²) in [5.74, 6) is 0.791. The summed E-state index contributed by atoms with van der Waals surface area (Å²) in [6, 6.07) is 8.02. The topological polar surface area (TPSA) is 46.3 Å². The molecule has 0 radical (unpaired) electrons. The first-order valence-electron chi connectivity index (χ1n) is 7.22. The van der Waals surface area contributed by atoms with Gasteiger partial charge in [-0.3, -0.25) is 4.79 Å². The van der Waals surface area contributed by atoms with Gasteiger partial charge in [0.2, 0.25) is 5.91 Å². The lowest BCUT2D eigenvalue weighted by molar-refractivity contribution is -0.135. The number of nitrogens with zero attached hydrogens (tertiary/aromatic N) is 1. The minimum atomic E-state index is 0.253. The number of nitrogen functional groups attached to an aromatic ring is 1. The molecule has 1 saturated heterocycles. The van der Waals surface area contributed by atoms with Crippen LogP contribution in [0.1, 0.15) is 38.7 Å². The zero-order valence-corrected chi connectivity index (χ0v) is 11.9. The van der Waals surface area contributed by atoms with Crippen LogP contribution in [0.5, 0.6) is 0 Å². The summed E-state index contributed by atoms with van der Waals surface area (Å²) in [6.07, 6.45) is 4.01. The highest BCUT2D eigenvalue weighted by Gasteiger charge is 2.28. The van der Waals surface area contributed by atoms with Crippen LogP contribution in [0.15, 0.2) is 24.3 Å². The maximum absolute atomic E-state index is 12.5. The molecule has 0 aromatic heterocycles. The van der Waals surface area contributed by atoms with E-state index < -0.39 is 0 Å². The van der Waals surface area contributed by atoms with Crippen molar-refractivity contribution in [1.82, 2.24) is 4.90 Å². The first-order chi connectivity index (χ1) is 9.08. The number of benzene rings is 1. The normalized spacial score (nSPS) is 19.7. The van der Waals surface area contributed by atoms with Crippen molar-refractivity contribution in [2.24, 2.45) is 5.92 Å². The smallest absolute Gasteiger partial charge is 0.227 e. The molecule has 1 amide bonds. The molecule has 3 heteroatoms. The predicted molar refractivity (Wildman–Crippen MR) is 78.7 cm³/mol. The zero-order chi connectivity index (χ0) is 13.8. The Bertz CT molecular complexity index is 425. The third kappa shape index (κ3) is 3.49. The molecular formula is C16H24N2O. The number of anilines is 1. The van der Waals surface area contributed by atoms with Gasteiger partial charge in [-0.2, -0.15) is 0 Å². The Morgan fingerprint density at radius 2 is 2.00 bits per heavy atom. The van der Waals surface area contributed by atoms with E-state index >= 15 is 0 Å². The molecule has 2 N–H and O–H groups in total.